The van der Waals surface area contributed by atoms with Gasteiger partial charge in [0.2, 0.25) is 5.95 Å². The average Bonchev–Trinajstić information content (AvgIpc) is 2.67. The highest BCUT2D eigenvalue weighted by atomic mass is 19.4. The van der Waals surface area contributed by atoms with Crippen LogP contribution in [-0.2, 0) is 19.1 Å². The monoisotopic (exact) mass is 371 g/mol. The van der Waals surface area contributed by atoms with E-state index in [4.69, 9.17) is 0 Å². The molecule has 0 saturated heterocycles. The molecule has 3 aromatic rings. The Morgan fingerprint density at radius 1 is 1.00 bits per heavy atom. The van der Waals surface area contributed by atoms with Crippen LogP contribution in [0, 0.1) is 0 Å². The fraction of sp³-hybridized carbons (Fsp3) is 0.211. The Kier molecular flexibility index (Phi) is 4.39. The minimum Gasteiger partial charge on any atom is -0.350 e. The van der Waals surface area contributed by atoms with E-state index in [9.17, 15) is 13.2 Å². The van der Waals surface area contributed by atoms with Crippen LogP contribution in [0.5, 0.6) is 0 Å². The minimum atomic E-state index is -4.40. The number of hydrogen-bond acceptors (Lipinski definition) is 5. The molecule has 1 N–H and O–H groups in total. The average molecular weight is 371 g/mol. The number of aromatic nitrogens is 3. The van der Waals surface area contributed by atoms with Crippen molar-refractivity contribution in [3.05, 3.63) is 71.4 Å². The van der Waals surface area contributed by atoms with Gasteiger partial charge in [-0.3, -0.25) is 0 Å². The smallest absolute Gasteiger partial charge is 0.350 e. The molecule has 1 aromatic heterocycles. The molecule has 1 aliphatic rings. The number of anilines is 3. The van der Waals surface area contributed by atoms with Crippen LogP contribution in [0.15, 0.2) is 54.7 Å². The molecule has 0 atom stereocenters. The first-order valence-electron chi connectivity index (χ1n) is 8.45. The highest BCUT2D eigenvalue weighted by molar-refractivity contribution is 5.56. The second kappa shape index (κ2) is 6.86. The zero-order valence-corrected chi connectivity index (χ0v) is 14.2. The second-order valence-corrected chi connectivity index (χ2v) is 6.28. The maximum absolute atomic E-state index is 12.9. The van der Waals surface area contributed by atoms with Crippen LogP contribution in [-0.4, -0.2) is 21.7 Å². The van der Waals surface area contributed by atoms with Crippen molar-refractivity contribution in [2.24, 2.45) is 0 Å². The fourth-order valence-electron chi connectivity index (χ4n) is 3.09. The maximum atomic E-state index is 12.9. The van der Waals surface area contributed by atoms with Crippen molar-refractivity contribution < 1.29 is 13.2 Å². The summed E-state index contributed by atoms with van der Waals surface area (Å²) >= 11 is 0. The number of benzene rings is 2. The Hall–Kier alpha value is -3.16. The van der Waals surface area contributed by atoms with E-state index in [-0.39, 0.29) is 11.6 Å². The SMILES string of the molecule is FC(F)(F)c1cccc(Nc2nncc(N3CCc4ccccc4C3)n2)c1. The molecule has 0 saturated carbocycles. The number of nitrogens with zero attached hydrogens (tertiary/aromatic N) is 4. The summed E-state index contributed by atoms with van der Waals surface area (Å²) in [4.78, 5) is 6.49. The van der Waals surface area contributed by atoms with Crippen molar-refractivity contribution in [3.63, 3.8) is 0 Å². The molecule has 0 radical (unpaired) electrons. The molecule has 4 rings (SSSR count). The molecule has 27 heavy (non-hydrogen) atoms. The van der Waals surface area contributed by atoms with E-state index in [2.05, 4.69) is 37.5 Å². The molecule has 0 fully saturated rings. The minimum absolute atomic E-state index is 0.158. The lowest BCUT2D eigenvalue weighted by Gasteiger charge is -2.29. The first-order valence-corrected chi connectivity index (χ1v) is 8.45. The summed E-state index contributed by atoms with van der Waals surface area (Å²) in [6.07, 6.45) is -1.94. The molecule has 0 spiro atoms. The number of hydrogen-bond donors (Lipinski definition) is 1. The third-order valence-corrected chi connectivity index (χ3v) is 4.45. The van der Waals surface area contributed by atoms with Crippen molar-refractivity contribution in [1.29, 1.82) is 0 Å². The van der Waals surface area contributed by atoms with Gasteiger partial charge in [0.25, 0.3) is 0 Å². The predicted molar refractivity (Wildman–Crippen MR) is 95.7 cm³/mol. The van der Waals surface area contributed by atoms with Crippen LogP contribution in [0.25, 0.3) is 0 Å². The number of halogens is 3. The summed E-state index contributed by atoms with van der Waals surface area (Å²) in [5.74, 6) is 0.791. The molecule has 0 aliphatic carbocycles. The second-order valence-electron chi connectivity index (χ2n) is 6.28. The van der Waals surface area contributed by atoms with E-state index in [1.165, 1.54) is 23.3 Å². The van der Waals surface area contributed by atoms with E-state index in [0.29, 0.717) is 12.4 Å². The third-order valence-electron chi connectivity index (χ3n) is 4.45. The lowest BCUT2D eigenvalue weighted by molar-refractivity contribution is -0.137. The van der Waals surface area contributed by atoms with Gasteiger partial charge in [-0.25, -0.2) is 0 Å². The summed E-state index contributed by atoms with van der Waals surface area (Å²) in [5, 5.41) is 10.6. The van der Waals surface area contributed by atoms with Gasteiger partial charge < -0.3 is 10.2 Å². The topological polar surface area (TPSA) is 53.9 Å². The molecule has 2 heterocycles. The van der Waals surface area contributed by atoms with Gasteiger partial charge in [0, 0.05) is 18.8 Å². The van der Waals surface area contributed by atoms with E-state index >= 15 is 0 Å². The summed E-state index contributed by atoms with van der Waals surface area (Å²) in [6.45, 7) is 1.50. The Morgan fingerprint density at radius 2 is 1.81 bits per heavy atom. The summed E-state index contributed by atoms with van der Waals surface area (Å²) < 4.78 is 38.6. The molecule has 0 amide bonds. The van der Waals surface area contributed by atoms with Crippen LogP contribution in [0.1, 0.15) is 16.7 Å². The number of rotatable bonds is 3. The lowest BCUT2D eigenvalue weighted by atomic mass is 10.0. The molecule has 2 aromatic carbocycles. The third kappa shape index (κ3) is 3.84. The largest absolute Gasteiger partial charge is 0.416 e. The molecule has 0 bridgehead atoms. The Balaban J connectivity index is 1.54. The number of nitrogens with one attached hydrogen (secondary N) is 1. The Morgan fingerprint density at radius 3 is 2.63 bits per heavy atom. The van der Waals surface area contributed by atoms with Gasteiger partial charge in [-0.2, -0.15) is 23.3 Å². The van der Waals surface area contributed by atoms with Crippen molar-refractivity contribution in [3.8, 4) is 0 Å². The maximum Gasteiger partial charge on any atom is 0.416 e. The van der Waals surface area contributed by atoms with Crippen LogP contribution >= 0.6 is 0 Å². The standard InChI is InChI=1S/C19H16F3N5/c20-19(21,22)15-6-3-7-16(10-15)24-18-25-17(11-23-26-18)27-9-8-13-4-1-2-5-14(13)12-27/h1-7,10-11H,8-9,12H2,(H,24,25,26). The molecular weight excluding hydrogens is 355 g/mol. The van der Waals surface area contributed by atoms with Gasteiger partial charge in [-0.15, -0.1) is 5.10 Å². The van der Waals surface area contributed by atoms with Crippen LogP contribution in [0.3, 0.4) is 0 Å². The summed E-state index contributed by atoms with van der Waals surface area (Å²) in [7, 11) is 0. The molecule has 8 heteroatoms. The van der Waals surface area contributed by atoms with Crippen molar-refractivity contribution in [2.45, 2.75) is 19.1 Å². The van der Waals surface area contributed by atoms with E-state index < -0.39 is 11.7 Å². The first kappa shape index (κ1) is 17.3. The lowest BCUT2D eigenvalue weighted by Crippen LogP contribution is -2.31. The first-order chi connectivity index (χ1) is 13.0. The molecule has 1 aliphatic heterocycles. The van der Waals surface area contributed by atoms with Crippen LogP contribution in [0.2, 0.25) is 0 Å². The molecule has 138 valence electrons. The molecule has 0 unspecified atom stereocenters. The Bertz CT molecular complexity index is 958. The Labute approximate surface area is 153 Å². The van der Waals surface area contributed by atoms with Crippen LogP contribution < -0.4 is 10.2 Å². The summed E-state index contributed by atoms with van der Waals surface area (Å²) in [6, 6.07) is 13.1. The van der Waals surface area contributed by atoms with Gasteiger partial charge in [0.05, 0.1) is 11.8 Å². The zero-order valence-electron chi connectivity index (χ0n) is 14.2. The fourth-order valence-corrected chi connectivity index (χ4v) is 3.09. The highest BCUT2D eigenvalue weighted by Crippen LogP contribution is 2.31. The van der Waals surface area contributed by atoms with Gasteiger partial charge >= 0.3 is 6.18 Å². The number of alkyl halides is 3. The van der Waals surface area contributed by atoms with Gasteiger partial charge in [-0.1, -0.05) is 30.3 Å². The van der Waals surface area contributed by atoms with E-state index in [1.807, 2.05) is 12.1 Å². The van der Waals surface area contributed by atoms with Crippen molar-refractivity contribution in [1.82, 2.24) is 15.2 Å². The van der Waals surface area contributed by atoms with Gasteiger partial charge in [0.1, 0.15) is 0 Å². The van der Waals surface area contributed by atoms with Gasteiger partial charge in [-0.05, 0) is 35.7 Å². The highest BCUT2D eigenvalue weighted by Gasteiger charge is 2.30. The molecular formula is C19H16F3N5. The predicted octanol–water partition coefficient (Wildman–Crippen LogP) is 4.20. The van der Waals surface area contributed by atoms with Crippen molar-refractivity contribution in [2.75, 3.05) is 16.8 Å². The van der Waals surface area contributed by atoms with E-state index in [1.54, 1.807) is 6.20 Å². The normalized spacial score (nSPS) is 14.0. The van der Waals surface area contributed by atoms with Crippen molar-refractivity contribution >= 4 is 17.5 Å². The summed E-state index contributed by atoms with van der Waals surface area (Å²) in [5.41, 5.74) is 2.07. The molecule has 5 nitrogen and oxygen atoms in total. The van der Waals surface area contributed by atoms with Crippen LogP contribution in [0.4, 0.5) is 30.6 Å². The number of fused-ring (bicyclic) bond motifs is 1. The zero-order chi connectivity index (χ0) is 18.9. The van der Waals surface area contributed by atoms with Gasteiger partial charge in [0.15, 0.2) is 5.82 Å². The van der Waals surface area contributed by atoms with E-state index in [0.717, 1.165) is 25.1 Å². The quantitative estimate of drug-likeness (QED) is 0.748.